The molecule has 1 rings (SSSR count). The summed E-state index contributed by atoms with van der Waals surface area (Å²) in [4.78, 5) is 0. The number of hydrogen-bond donors (Lipinski definition) is 1. The maximum absolute atomic E-state index is 14.0. The molecule has 3 heteroatoms. The minimum absolute atomic E-state index is 0.0661. The number of nitrogens with one attached hydrogen (secondary N) is 1. The van der Waals surface area contributed by atoms with Crippen LogP contribution in [0.2, 0.25) is 5.02 Å². The number of halogens is 2. The van der Waals surface area contributed by atoms with E-state index in [1.807, 2.05) is 0 Å². The fraction of sp³-hybridized carbons (Fsp3) is 0.625. The molecule has 1 aromatic carbocycles. The summed E-state index contributed by atoms with van der Waals surface area (Å²) in [6, 6.07) is 5.02. The summed E-state index contributed by atoms with van der Waals surface area (Å²) in [5, 5.41) is 3.89. The van der Waals surface area contributed by atoms with Crippen molar-refractivity contribution >= 4 is 11.6 Å². The zero-order valence-corrected chi connectivity index (χ0v) is 13.1. The van der Waals surface area contributed by atoms with Crippen LogP contribution in [0, 0.1) is 11.2 Å². The molecule has 0 radical (unpaired) electrons. The van der Waals surface area contributed by atoms with Gasteiger partial charge in [0.15, 0.2) is 0 Å². The lowest BCUT2D eigenvalue weighted by Crippen LogP contribution is -2.24. The average molecular weight is 286 g/mol. The van der Waals surface area contributed by atoms with Gasteiger partial charge in [-0.25, -0.2) is 4.39 Å². The van der Waals surface area contributed by atoms with Gasteiger partial charge in [-0.2, -0.15) is 0 Å². The minimum Gasteiger partial charge on any atom is -0.310 e. The first-order chi connectivity index (χ1) is 8.83. The van der Waals surface area contributed by atoms with Crippen molar-refractivity contribution in [2.24, 2.45) is 5.41 Å². The molecule has 1 unspecified atom stereocenters. The number of rotatable bonds is 6. The zero-order chi connectivity index (χ0) is 14.5. The first kappa shape index (κ1) is 16.5. The Labute approximate surface area is 121 Å². The van der Waals surface area contributed by atoms with Crippen molar-refractivity contribution in [2.75, 3.05) is 6.54 Å². The molecule has 0 aliphatic heterocycles. The van der Waals surface area contributed by atoms with Gasteiger partial charge in [0, 0.05) is 16.6 Å². The van der Waals surface area contributed by atoms with Crippen LogP contribution in [0.3, 0.4) is 0 Å². The van der Waals surface area contributed by atoms with Gasteiger partial charge in [-0.3, -0.25) is 0 Å². The van der Waals surface area contributed by atoms with E-state index in [1.54, 1.807) is 12.1 Å². The van der Waals surface area contributed by atoms with Gasteiger partial charge in [0.1, 0.15) is 5.82 Å². The van der Waals surface area contributed by atoms with Gasteiger partial charge >= 0.3 is 0 Å². The van der Waals surface area contributed by atoms with Crippen LogP contribution < -0.4 is 5.32 Å². The predicted octanol–water partition coefficient (Wildman–Crippen LogP) is 5.35. The molecule has 0 spiro atoms. The van der Waals surface area contributed by atoms with Gasteiger partial charge in [-0.1, -0.05) is 45.4 Å². The Morgan fingerprint density at radius 1 is 1.32 bits per heavy atom. The van der Waals surface area contributed by atoms with E-state index in [1.165, 1.54) is 6.07 Å². The first-order valence-corrected chi connectivity index (χ1v) is 7.39. The van der Waals surface area contributed by atoms with E-state index in [2.05, 4.69) is 33.0 Å². The quantitative estimate of drug-likeness (QED) is 0.743. The summed E-state index contributed by atoms with van der Waals surface area (Å²) in [6.45, 7) is 9.65. The SMILES string of the molecule is CCCNC(CCC(C)(C)C)c1ccc(Cl)cc1F. The smallest absolute Gasteiger partial charge is 0.129 e. The lowest BCUT2D eigenvalue weighted by atomic mass is 9.87. The van der Waals surface area contributed by atoms with E-state index in [4.69, 9.17) is 11.6 Å². The molecule has 1 atom stereocenters. The molecule has 108 valence electrons. The third kappa shape index (κ3) is 5.92. The summed E-state index contributed by atoms with van der Waals surface area (Å²) in [6.07, 6.45) is 3.03. The highest BCUT2D eigenvalue weighted by Gasteiger charge is 2.19. The maximum Gasteiger partial charge on any atom is 0.129 e. The molecular formula is C16H25ClFN. The Hall–Kier alpha value is -0.600. The second-order valence-corrected chi connectivity index (χ2v) is 6.71. The monoisotopic (exact) mass is 285 g/mol. The molecule has 0 fully saturated rings. The molecule has 0 aromatic heterocycles. The van der Waals surface area contributed by atoms with Crippen molar-refractivity contribution in [3.8, 4) is 0 Å². The molecule has 0 saturated heterocycles. The Morgan fingerprint density at radius 3 is 2.53 bits per heavy atom. The van der Waals surface area contributed by atoms with E-state index >= 15 is 0 Å². The Bertz CT molecular complexity index is 398. The van der Waals surface area contributed by atoms with Crippen molar-refractivity contribution in [2.45, 2.75) is 53.0 Å². The summed E-state index contributed by atoms with van der Waals surface area (Å²) < 4.78 is 14.0. The van der Waals surface area contributed by atoms with E-state index in [0.717, 1.165) is 31.4 Å². The molecule has 0 bridgehead atoms. The number of hydrogen-bond acceptors (Lipinski definition) is 1. The van der Waals surface area contributed by atoms with Gasteiger partial charge in [0.25, 0.3) is 0 Å². The Morgan fingerprint density at radius 2 is 2.00 bits per heavy atom. The highest BCUT2D eigenvalue weighted by molar-refractivity contribution is 6.30. The zero-order valence-electron chi connectivity index (χ0n) is 12.4. The van der Waals surface area contributed by atoms with Gasteiger partial charge in [0.2, 0.25) is 0 Å². The molecule has 1 aromatic rings. The molecular weight excluding hydrogens is 261 g/mol. The van der Waals surface area contributed by atoms with Crippen molar-refractivity contribution in [1.82, 2.24) is 5.32 Å². The largest absolute Gasteiger partial charge is 0.310 e. The molecule has 0 saturated carbocycles. The van der Waals surface area contributed by atoms with Crippen LogP contribution >= 0.6 is 11.6 Å². The van der Waals surface area contributed by atoms with E-state index < -0.39 is 0 Å². The van der Waals surface area contributed by atoms with E-state index in [9.17, 15) is 4.39 Å². The lowest BCUT2D eigenvalue weighted by Gasteiger charge is -2.24. The van der Waals surface area contributed by atoms with Gasteiger partial charge in [0.05, 0.1) is 0 Å². The minimum atomic E-state index is -0.213. The summed E-state index contributed by atoms with van der Waals surface area (Å²) in [7, 11) is 0. The first-order valence-electron chi connectivity index (χ1n) is 7.02. The van der Waals surface area contributed by atoms with Gasteiger partial charge < -0.3 is 5.32 Å². The molecule has 0 aliphatic carbocycles. The predicted molar refractivity (Wildman–Crippen MR) is 81.1 cm³/mol. The molecule has 0 heterocycles. The Balaban J connectivity index is 2.83. The normalized spacial score (nSPS) is 13.6. The van der Waals surface area contributed by atoms with E-state index in [-0.39, 0.29) is 17.3 Å². The van der Waals surface area contributed by atoms with Crippen molar-refractivity contribution in [1.29, 1.82) is 0 Å². The second-order valence-electron chi connectivity index (χ2n) is 6.27. The molecule has 1 N–H and O–H groups in total. The standard InChI is InChI=1S/C16H25ClFN/c1-5-10-19-15(8-9-16(2,3)4)13-7-6-12(17)11-14(13)18/h6-7,11,15,19H,5,8-10H2,1-4H3. The van der Waals surface area contributed by atoms with Crippen LogP contribution in [0.4, 0.5) is 4.39 Å². The summed E-state index contributed by atoms with van der Waals surface area (Å²) in [5.41, 5.74) is 0.983. The van der Waals surface area contributed by atoms with Crippen LogP contribution in [0.15, 0.2) is 18.2 Å². The lowest BCUT2D eigenvalue weighted by molar-refractivity contribution is 0.329. The summed E-state index contributed by atoms with van der Waals surface area (Å²) >= 11 is 5.82. The number of benzene rings is 1. The Kier molecular flexibility index (Phi) is 6.28. The second kappa shape index (κ2) is 7.25. The van der Waals surface area contributed by atoms with Crippen molar-refractivity contribution in [3.05, 3.63) is 34.6 Å². The highest BCUT2D eigenvalue weighted by Crippen LogP contribution is 2.29. The van der Waals surface area contributed by atoms with Gasteiger partial charge in [-0.05, 0) is 43.4 Å². The molecule has 0 aliphatic rings. The van der Waals surface area contributed by atoms with Gasteiger partial charge in [-0.15, -0.1) is 0 Å². The van der Waals surface area contributed by atoms with Crippen LogP contribution in [0.25, 0.3) is 0 Å². The molecule has 1 nitrogen and oxygen atoms in total. The maximum atomic E-state index is 14.0. The topological polar surface area (TPSA) is 12.0 Å². The molecule has 0 amide bonds. The van der Waals surface area contributed by atoms with Crippen LogP contribution in [0.1, 0.15) is 58.6 Å². The fourth-order valence-corrected chi connectivity index (χ4v) is 2.21. The third-order valence-corrected chi connectivity index (χ3v) is 3.40. The average Bonchev–Trinajstić information content (AvgIpc) is 2.29. The van der Waals surface area contributed by atoms with E-state index in [0.29, 0.717) is 5.02 Å². The van der Waals surface area contributed by atoms with Crippen LogP contribution in [-0.2, 0) is 0 Å². The fourth-order valence-electron chi connectivity index (χ4n) is 2.05. The summed E-state index contributed by atoms with van der Waals surface area (Å²) in [5.74, 6) is -0.213. The van der Waals surface area contributed by atoms with Crippen molar-refractivity contribution < 1.29 is 4.39 Å². The van der Waals surface area contributed by atoms with Crippen LogP contribution in [0.5, 0.6) is 0 Å². The third-order valence-electron chi connectivity index (χ3n) is 3.16. The molecule has 19 heavy (non-hydrogen) atoms. The highest BCUT2D eigenvalue weighted by atomic mass is 35.5. The van der Waals surface area contributed by atoms with Crippen molar-refractivity contribution in [3.63, 3.8) is 0 Å². The van der Waals surface area contributed by atoms with Crippen LogP contribution in [-0.4, -0.2) is 6.54 Å².